The average Bonchev–Trinajstić information content (AvgIpc) is 2.17. The predicted molar refractivity (Wildman–Crippen MR) is 56.6 cm³/mol. The standard InChI is InChI=1S/C11H12N2/c1-3-13-10(2)6-7-11-5-4-8-12-9-11/h3-9H,1H2,2H3/b7-6+,13-10?. The van der Waals surface area contributed by atoms with Crippen LogP contribution in [0.3, 0.4) is 0 Å². The second-order valence-electron chi connectivity index (χ2n) is 2.57. The maximum Gasteiger partial charge on any atom is 0.0372 e. The summed E-state index contributed by atoms with van der Waals surface area (Å²) >= 11 is 0. The van der Waals surface area contributed by atoms with Crippen LogP contribution in [0.5, 0.6) is 0 Å². The molecule has 66 valence electrons. The molecule has 0 aromatic carbocycles. The second-order valence-corrected chi connectivity index (χ2v) is 2.57. The number of rotatable bonds is 3. The molecular weight excluding hydrogens is 160 g/mol. The summed E-state index contributed by atoms with van der Waals surface area (Å²) in [5.41, 5.74) is 2.00. The quantitative estimate of drug-likeness (QED) is 0.643. The molecule has 0 aliphatic rings. The molecule has 0 fully saturated rings. The Labute approximate surface area is 78.4 Å². The van der Waals surface area contributed by atoms with E-state index in [2.05, 4.69) is 16.6 Å². The Kier molecular flexibility index (Phi) is 3.64. The summed E-state index contributed by atoms with van der Waals surface area (Å²) in [6.07, 6.45) is 8.98. The van der Waals surface area contributed by atoms with Crippen molar-refractivity contribution in [3.63, 3.8) is 0 Å². The van der Waals surface area contributed by atoms with E-state index in [-0.39, 0.29) is 0 Å². The molecule has 0 atom stereocenters. The molecule has 0 radical (unpaired) electrons. The minimum Gasteiger partial charge on any atom is -0.264 e. The van der Waals surface area contributed by atoms with Crippen LogP contribution >= 0.6 is 0 Å². The fourth-order valence-corrected chi connectivity index (χ4v) is 0.878. The number of pyridine rings is 1. The van der Waals surface area contributed by atoms with Gasteiger partial charge >= 0.3 is 0 Å². The first-order chi connectivity index (χ1) is 6.33. The Balaban J connectivity index is 2.69. The number of aliphatic imine (C=N–C) groups is 1. The van der Waals surface area contributed by atoms with E-state index < -0.39 is 0 Å². The van der Waals surface area contributed by atoms with Crippen LogP contribution in [0.4, 0.5) is 0 Å². The third-order valence-corrected chi connectivity index (χ3v) is 1.50. The van der Waals surface area contributed by atoms with Crippen molar-refractivity contribution in [2.75, 3.05) is 0 Å². The first-order valence-corrected chi connectivity index (χ1v) is 4.06. The molecule has 0 spiro atoms. The highest BCUT2D eigenvalue weighted by Gasteiger charge is 1.84. The Morgan fingerprint density at radius 1 is 1.62 bits per heavy atom. The van der Waals surface area contributed by atoms with E-state index in [1.165, 1.54) is 6.20 Å². The molecule has 2 heteroatoms. The first-order valence-electron chi connectivity index (χ1n) is 4.06. The Morgan fingerprint density at radius 2 is 2.46 bits per heavy atom. The summed E-state index contributed by atoms with van der Waals surface area (Å²) in [6, 6.07) is 3.89. The molecule has 1 aromatic heterocycles. The summed E-state index contributed by atoms with van der Waals surface area (Å²) in [6.45, 7) is 5.45. The van der Waals surface area contributed by atoms with Gasteiger partial charge in [0.1, 0.15) is 0 Å². The zero-order valence-electron chi connectivity index (χ0n) is 7.64. The molecule has 13 heavy (non-hydrogen) atoms. The molecule has 1 rings (SSSR count). The molecule has 1 aromatic rings. The van der Waals surface area contributed by atoms with E-state index in [1.54, 1.807) is 12.4 Å². The topological polar surface area (TPSA) is 25.2 Å². The maximum absolute atomic E-state index is 4.01. The molecule has 0 bridgehead atoms. The number of hydrogen-bond donors (Lipinski definition) is 0. The highest BCUT2D eigenvalue weighted by Crippen LogP contribution is 1.98. The zero-order valence-corrected chi connectivity index (χ0v) is 7.64. The van der Waals surface area contributed by atoms with Gasteiger partial charge in [0.05, 0.1) is 0 Å². The Bertz CT molecular complexity index is 323. The number of aromatic nitrogens is 1. The van der Waals surface area contributed by atoms with E-state index in [0.717, 1.165) is 11.3 Å². The van der Waals surface area contributed by atoms with Crippen LogP contribution < -0.4 is 0 Å². The molecule has 0 saturated carbocycles. The SMILES string of the molecule is C=CN=C(C)/C=C/c1cccnc1. The van der Waals surface area contributed by atoms with Gasteiger partial charge in [-0.1, -0.05) is 18.7 Å². The van der Waals surface area contributed by atoms with Crippen molar-refractivity contribution in [3.05, 3.63) is 48.9 Å². The van der Waals surface area contributed by atoms with Crippen molar-refractivity contribution in [2.24, 2.45) is 4.99 Å². The summed E-state index contributed by atoms with van der Waals surface area (Å²) in [4.78, 5) is 8.01. The van der Waals surface area contributed by atoms with Crippen LogP contribution in [0.25, 0.3) is 6.08 Å². The molecule has 0 aliphatic heterocycles. The van der Waals surface area contributed by atoms with Crippen LogP contribution in [0.15, 0.2) is 48.4 Å². The van der Waals surface area contributed by atoms with E-state index >= 15 is 0 Å². The van der Waals surface area contributed by atoms with Crippen molar-refractivity contribution < 1.29 is 0 Å². The smallest absolute Gasteiger partial charge is 0.0372 e. The van der Waals surface area contributed by atoms with Crippen molar-refractivity contribution in [3.8, 4) is 0 Å². The van der Waals surface area contributed by atoms with E-state index in [9.17, 15) is 0 Å². The lowest BCUT2D eigenvalue weighted by molar-refractivity contribution is 1.32. The fraction of sp³-hybridized carbons (Fsp3) is 0.0909. The molecule has 0 saturated heterocycles. The van der Waals surface area contributed by atoms with Gasteiger partial charge in [0.2, 0.25) is 0 Å². The van der Waals surface area contributed by atoms with Crippen LogP contribution in [-0.4, -0.2) is 10.7 Å². The second kappa shape index (κ2) is 5.04. The predicted octanol–water partition coefficient (Wildman–Crippen LogP) is 2.70. The van der Waals surface area contributed by atoms with Gasteiger partial charge in [-0.3, -0.25) is 9.98 Å². The van der Waals surface area contributed by atoms with Gasteiger partial charge in [0.15, 0.2) is 0 Å². The van der Waals surface area contributed by atoms with Crippen LogP contribution in [-0.2, 0) is 0 Å². The lowest BCUT2D eigenvalue weighted by Crippen LogP contribution is -1.82. The number of allylic oxidation sites excluding steroid dienone is 1. The summed E-state index contributed by atoms with van der Waals surface area (Å²) in [7, 11) is 0. The molecule has 0 amide bonds. The molecule has 1 heterocycles. The van der Waals surface area contributed by atoms with Crippen LogP contribution in [0.1, 0.15) is 12.5 Å². The lowest BCUT2D eigenvalue weighted by Gasteiger charge is -1.90. The molecule has 0 N–H and O–H groups in total. The van der Waals surface area contributed by atoms with E-state index in [4.69, 9.17) is 0 Å². The Morgan fingerprint density at radius 3 is 3.08 bits per heavy atom. The van der Waals surface area contributed by atoms with Crippen LogP contribution in [0, 0.1) is 0 Å². The third-order valence-electron chi connectivity index (χ3n) is 1.50. The highest BCUT2D eigenvalue weighted by atomic mass is 14.7. The molecular formula is C11H12N2. The largest absolute Gasteiger partial charge is 0.264 e. The third kappa shape index (κ3) is 3.47. The normalized spacial score (nSPS) is 11.9. The molecule has 0 unspecified atom stereocenters. The highest BCUT2D eigenvalue weighted by molar-refractivity contribution is 5.96. The van der Waals surface area contributed by atoms with Crippen molar-refractivity contribution in [2.45, 2.75) is 6.92 Å². The lowest BCUT2D eigenvalue weighted by atomic mass is 10.2. The van der Waals surface area contributed by atoms with E-state index in [0.29, 0.717) is 0 Å². The first kappa shape index (κ1) is 9.39. The Hall–Kier alpha value is -1.70. The number of nitrogens with zero attached hydrogens (tertiary/aromatic N) is 2. The molecule has 0 aliphatic carbocycles. The molecule has 2 nitrogen and oxygen atoms in total. The van der Waals surface area contributed by atoms with E-state index in [1.807, 2.05) is 31.2 Å². The average molecular weight is 172 g/mol. The summed E-state index contributed by atoms with van der Waals surface area (Å²) in [5, 5.41) is 0. The van der Waals surface area contributed by atoms with Gasteiger partial charge in [0, 0.05) is 24.3 Å². The minimum absolute atomic E-state index is 0.929. The van der Waals surface area contributed by atoms with Gasteiger partial charge in [-0.2, -0.15) is 0 Å². The zero-order chi connectivity index (χ0) is 9.52. The summed E-state index contributed by atoms with van der Waals surface area (Å²) < 4.78 is 0. The van der Waals surface area contributed by atoms with Gasteiger partial charge in [-0.25, -0.2) is 0 Å². The van der Waals surface area contributed by atoms with Gasteiger partial charge in [0.25, 0.3) is 0 Å². The summed E-state index contributed by atoms with van der Waals surface area (Å²) in [5.74, 6) is 0. The minimum atomic E-state index is 0.929. The van der Waals surface area contributed by atoms with Gasteiger partial charge < -0.3 is 0 Å². The maximum atomic E-state index is 4.01. The number of hydrogen-bond acceptors (Lipinski definition) is 2. The van der Waals surface area contributed by atoms with Crippen LogP contribution in [0.2, 0.25) is 0 Å². The van der Waals surface area contributed by atoms with Crippen molar-refractivity contribution in [1.29, 1.82) is 0 Å². The monoisotopic (exact) mass is 172 g/mol. The van der Waals surface area contributed by atoms with Crippen molar-refractivity contribution in [1.82, 2.24) is 4.98 Å². The van der Waals surface area contributed by atoms with Gasteiger partial charge in [-0.15, -0.1) is 0 Å². The fourth-order valence-electron chi connectivity index (χ4n) is 0.878. The van der Waals surface area contributed by atoms with Crippen molar-refractivity contribution >= 4 is 11.8 Å². The van der Waals surface area contributed by atoms with Gasteiger partial charge in [-0.05, 0) is 24.6 Å².